The molecule has 0 saturated carbocycles. The number of methoxy groups -OCH3 is 2. The van der Waals surface area contributed by atoms with Crippen LogP contribution in [0.1, 0.15) is 73.1 Å². The van der Waals surface area contributed by atoms with Crippen LogP contribution in [0.3, 0.4) is 0 Å². The zero-order valence-electron chi connectivity index (χ0n) is 33.3. The van der Waals surface area contributed by atoms with E-state index in [0.717, 1.165) is 0 Å². The van der Waals surface area contributed by atoms with E-state index in [4.69, 9.17) is 37.9 Å². The minimum absolute atomic E-state index is 0.189. The molecule has 0 spiro atoms. The minimum Gasteiger partial charge on any atom is -0.469 e. The van der Waals surface area contributed by atoms with Gasteiger partial charge in [0, 0.05) is 13.5 Å². The summed E-state index contributed by atoms with van der Waals surface area (Å²) in [5.74, 6) is -0.944. The maximum Gasteiger partial charge on any atom is 0.305 e. The minimum atomic E-state index is -1.84. The van der Waals surface area contributed by atoms with Crippen LogP contribution in [0.15, 0.2) is 0 Å². The molecule has 0 radical (unpaired) electrons. The van der Waals surface area contributed by atoms with Crippen molar-refractivity contribution in [3.05, 3.63) is 0 Å². The van der Waals surface area contributed by atoms with Crippen LogP contribution in [-0.4, -0.2) is 200 Å². The fourth-order valence-electron chi connectivity index (χ4n) is 7.40. The van der Waals surface area contributed by atoms with Crippen LogP contribution >= 0.6 is 0 Å². The van der Waals surface area contributed by atoms with E-state index in [-0.39, 0.29) is 25.2 Å². The van der Waals surface area contributed by atoms with Gasteiger partial charge in [-0.05, 0) is 47.5 Å². The highest BCUT2D eigenvalue weighted by Gasteiger charge is 2.55. The number of hydrogen-bond donors (Lipinski definition) is 10. The average Bonchev–Trinajstić information content (AvgIpc) is 3.13. The van der Waals surface area contributed by atoms with E-state index < -0.39 is 134 Å². The lowest BCUT2D eigenvalue weighted by molar-refractivity contribution is -0.386. The molecule has 1 unspecified atom stereocenters. The lowest BCUT2D eigenvalue weighted by atomic mass is 9.91. The number of carbonyl (C=O) groups is 2. The van der Waals surface area contributed by atoms with Crippen molar-refractivity contribution in [1.29, 1.82) is 0 Å². The highest BCUT2D eigenvalue weighted by Crippen LogP contribution is 2.35. The number of aliphatic hydroxyl groups is 9. The van der Waals surface area contributed by atoms with Gasteiger partial charge in [0.15, 0.2) is 25.2 Å². The number of esters is 1. The third kappa shape index (κ3) is 12.0. The first-order chi connectivity index (χ1) is 26.7. The second-order valence-corrected chi connectivity index (χ2v) is 15.9. The number of amides is 1. The molecular formula is C36H63NO20. The number of hydrogen-bond acceptors (Lipinski definition) is 20. The molecule has 10 N–H and O–H groups in total. The summed E-state index contributed by atoms with van der Waals surface area (Å²) >= 11 is 0. The molecule has 4 fully saturated rings. The molecule has 57 heavy (non-hydrogen) atoms. The van der Waals surface area contributed by atoms with Crippen molar-refractivity contribution in [1.82, 2.24) is 5.32 Å². The molecule has 1 amide bonds. The van der Waals surface area contributed by atoms with Gasteiger partial charge < -0.3 is 93.9 Å². The number of nitrogens with one attached hydrogen (secondary N) is 1. The Balaban J connectivity index is 1.50. The fraction of sp³-hybridized carbons (Fsp3) is 0.944. The maximum atomic E-state index is 12.9. The van der Waals surface area contributed by atoms with E-state index in [2.05, 4.69) is 10.1 Å². The van der Waals surface area contributed by atoms with Crippen molar-refractivity contribution in [2.24, 2.45) is 0 Å². The van der Waals surface area contributed by atoms with Gasteiger partial charge in [-0.1, -0.05) is 12.8 Å². The van der Waals surface area contributed by atoms with Gasteiger partial charge in [-0.3, -0.25) is 9.59 Å². The van der Waals surface area contributed by atoms with E-state index in [9.17, 15) is 55.5 Å². The number of unbranched alkanes of at least 4 members (excludes halogenated alkanes) is 2. The van der Waals surface area contributed by atoms with Crippen LogP contribution in [0.25, 0.3) is 0 Å². The monoisotopic (exact) mass is 829 g/mol. The molecule has 4 heterocycles. The molecule has 21 nitrogen and oxygen atoms in total. The summed E-state index contributed by atoms with van der Waals surface area (Å²) in [6.45, 7) is 7.21. The maximum absolute atomic E-state index is 12.9. The average molecular weight is 830 g/mol. The largest absolute Gasteiger partial charge is 0.469 e. The van der Waals surface area contributed by atoms with E-state index in [1.807, 2.05) is 0 Å². The first-order valence-corrected chi connectivity index (χ1v) is 19.3. The van der Waals surface area contributed by atoms with E-state index >= 15 is 0 Å². The van der Waals surface area contributed by atoms with Crippen molar-refractivity contribution < 1.29 is 98.2 Å². The summed E-state index contributed by atoms with van der Waals surface area (Å²) in [6, 6.07) is -1.05. The van der Waals surface area contributed by atoms with Gasteiger partial charge in [-0.15, -0.1) is 0 Å². The standard InChI is InChI=1S/C36H63NO20/c1-14-21(40)25(44)30(32(47)51-14)57-34-26(45)28(22(41)15(2)53-34)55-33-27(46)29(23(42)16(3)52-33)56-35-31(50-7)24(43)20(37-18(38)13-36(4,5)48)17(54-35)11-9-8-10-12-19(39)49-6/h14-17,20-35,40-48H,8-13H2,1-7H3,(H,37,38)/t14-,15+,16+,17?,20-,21-,22+,23+,24+,25+,26-,27-,28-,29-,30+,31-,32-,33-,34-,35-/m1/s1. The smallest absolute Gasteiger partial charge is 0.305 e. The van der Waals surface area contributed by atoms with Crippen molar-refractivity contribution in [2.45, 2.75) is 202 Å². The lowest BCUT2D eigenvalue weighted by Gasteiger charge is -2.49. The highest BCUT2D eigenvalue weighted by atomic mass is 16.8. The zero-order chi connectivity index (χ0) is 42.5. The second-order valence-electron chi connectivity index (χ2n) is 15.9. The molecule has 0 aliphatic carbocycles. The molecule has 0 bridgehead atoms. The Morgan fingerprint density at radius 2 is 1.14 bits per heavy atom. The van der Waals surface area contributed by atoms with Crippen LogP contribution in [-0.2, 0) is 52.2 Å². The van der Waals surface area contributed by atoms with Crippen LogP contribution in [0.4, 0.5) is 0 Å². The van der Waals surface area contributed by atoms with E-state index in [1.54, 1.807) is 0 Å². The predicted molar refractivity (Wildman–Crippen MR) is 189 cm³/mol. The molecule has 4 rings (SSSR count). The molecule has 332 valence electrons. The SMILES string of the molecule is COC(=O)CCCCCC1O[C@H](O[C@@H]2[C@@H](O)[C@H](C)O[C@H](O[C@@H]3[C@@H](O)[C@H](C)O[C@H](O[C@H]4[C@@H](O)[C@H](O)[C@@H](C)O[C@H]4O)[C@@H]3O)[C@@H]2O)[C@H](OC)[C@@H](O)[C@@H]1NC(=O)CC(C)(C)O. The van der Waals surface area contributed by atoms with Gasteiger partial charge in [0.2, 0.25) is 5.91 Å². The molecule has 0 aromatic rings. The third-order valence-electron chi connectivity index (χ3n) is 10.7. The Morgan fingerprint density at radius 1 is 0.614 bits per heavy atom. The van der Waals surface area contributed by atoms with E-state index in [1.165, 1.54) is 48.8 Å². The molecule has 4 aliphatic heterocycles. The fourth-order valence-corrected chi connectivity index (χ4v) is 7.40. The summed E-state index contributed by atoms with van der Waals surface area (Å²) in [4.78, 5) is 24.5. The third-order valence-corrected chi connectivity index (χ3v) is 10.7. The second kappa shape index (κ2) is 20.7. The van der Waals surface area contributed by atoms with Gasteiger partial charge in [-0.25, -0.2) is 0 Å². The van der Waals surface area contributed by atoms with Crippen LogP contribution in [0, 0.1) is 0 Å². The first kappa shape index (κ1) is 47.9. The quantitative estimate of drug-likeness (QED) is 0.0531. The summed E-state index contributed by atoms with van der Waals surface area (Å²) in [6.07, 6.45) is -26.2. The lowest BCUT2D eigenvalue weighted by Crippen LogP contribution is -2.68. The van der Waals surface area contributed by atoms with Crippen molar-refractivity contribution in [2.75, 3.05) is 14.2 Å². The Bertz CT molecular complexity index is 1270. The number of ether oxygens (including phenoxy) is 9. The van der Waals surface area contributed by atoms with Crippen LogP contribution in [0.5, 0.6) is 0 Å². The highest BCUT2D eigenvalue weighted by molar-refractivity contribution is 5.77. The number of carbonyl (C=O) groups excluding carboxylic acids is 2. The van der Waals surface area contributed by atoms with Gasteiger partial charge in [0.05, 0.1) is 49.6 Å². The molecule has 0 aromatic heterocycles. The van der Waals surface area contributed by atoms with Gasteiger partial charge in [0.25, 0.3) is 0 Å². The first-order valence-electron chi connectivity index (χ1n) is 19.3. The Kier molecular flexibility index (Phi) is 17.4. The Labute approximate surface area is 331 Å². The summed E-state index contributed by atoms with van der Waals surface area (Å²) < 4.78 is 50.8. The normalized spacial score (nSPS) is 44.4. The summed E-state index contributed by atoms with van der Waals surface area (Å²) in [5.41, 5.74) is -1.36. The molecule has 21 heteroatoms. The Morgan fingerprint density at radius 3 is 1.67 bits per heavy atom. The summed E-state index contributed by atoms with van der Waals surface area (Å²) in [5, 5.41) is 101. The van der Waals surface area contributed by atoms with Crippen LogP contribution in [0.2, 0.25) is 0 Å². The number of aliphatic hydroxyl groups excluding tert-OH is 8. The van der Waals surface area contributed by atoms with E-state index in [0.29, 0.717) is 19.3 Å². The van der Waals surface area contributed by atoms with Crippen molar-refractivity contribution in [3.63, 3.8) is 0 Å². The molecule has 4 aliphatic rings. The topological polar surface area (TPSA) is 311 Å². The molecule has 0 aromatic carbocycles. The predicted octanol–water partition coefficient (Wildman–Crippen LogP) is -3.60. The van der Waals surface area contributed by atoms with Crippen molar-refractivity contribution in [3.8, 4) is 0 Å². The molecule has 4 saturated heterocycles. The molecular weight excluding hydrogens is 766 g/mol. The van der Waals surface area contributed by atoms with Crippen LogP contribution < -0.4 is 5.32 Å². The molecule has 20 atom stereocenters. The zero-order valence-corrected chi connectivity index (χ0v) is 33.3. The van der Waals surface area contributed by atoms with Crippen molar-refractivity contribution >= 4 is 11.9 Å². The summed E-state index contributed by atoms with van der Waals surface area (Å²) in [7, 11) is 2.55. The van der Waals surface area contributed by atoms with Gasteiger partial charge in [0.1, 0.15) is 67.1 Å². The Hall–Kier alpha value is -1.74. The van der Waals surface area contributed by atoms with Gasteiger partial charge in [-0.2, -0.15) is 0 Å². The number of rotatable bonds is 16. The van der Waals surface area contributed by atoms with Gasteiger partial charge >= 0.3 is 5.97 Å².